The summed E-state index contributed by atoms with van der Waals surface area (Å²) < 4.78 is 11.7. The van der Waals surface area contributed by atoms with Crippen LogP contribution in [0.25, 0.3) is 0 Å². The van der Waals surface area contributed by atoms with Gasteiger partial charge in [0.25, 0.3) is 0 Å². The maximum Gasteiger partial charge on any atom is 0.127 e. The van der Waals surface area contributed by atoms with Crippen LogP contribution in [0.1, 0.15) is 11.1 Å². The van der Waals surface area contributed by atoms with Crippen molar-refractivity contribution in [3.05, 3.63) is 119 Å². The zero-order valence-corrected chi connectivity index (χ0v) is 17.0. The molecular weight excluding hydrogens is 394 g/mol. The Balaban J connectivity index is 1.37. The van der Waals surface area contributed by atoms with Crippen LogP contribution in [0.15, 0.2) is 108 Å². The summed E-state index contributed by atoms with van der Waals surface area (Å²) in [5.74, 6) is 2.37. The average molecular weight is 414 g/mol. The number of hydrogen-bond donors (Lipinski definition) is 0. The minimum Gasteiger partial charge on any atom is -0.489 e. The Morgan fingerprint density at radius 1 is 0.700 bits per heavy atom. The zero-order chi connectivity index (χ0) is 20.6. The van der Waals surface area contributed by atoms with E-state index in [1.165, 1.54) is 0 Å². The van der Waals surface area contributed by atoms with E-state index in [0.717, 1.165) is 34.1 Å². The van der Waals surface area contributed by atoms with Gasteiger partial charge in [-0.2, -0.15) is 0 Å². The molecule has 4 aromatic rings. The molecule has 3 nitrogen and oxygen atoms in total. The molecule has 0 N–H and O–H groups in total. The first kappa shape index (κ1) is 19.7. The van der Waals surface area contributed by atoms with Crippen LogP contribution in [0, 0.1) is 0 Å². The Morgan fingerprint density at radius 3 is 2.23 bits per heavy atom. The zero-order valence-electron chi connectivity index (χ0n) is 16.2. The predicted molar refractivity (Wildman–Crippen MR) is 122 cm³/mol. The highest BCUT2D eigenvalue weighted by Gasteiger charge is 1.99. The monoisotopic (exact) mass is 413 g/mol. The molecule has 0 amide bonds. The molecule has 0 saturated heterocycles. The molecule has 0 saturated carbocycles. The van der Waals surface area contributed by atoms with Gasteiger partial charge in [-0.25, -0.2) is 0 Å². The molecule has 0 fully saturated rings. The van der Waals surface area contributed by atoms with Crippen molar-refractivity contribution in [3.63, 3.8) is 0 Å². The lowest BCUT2D eigenvalue weighted by molar-refractivity contribution is 0.306. The molecule has 4 rings (SSSR count). The van der Waals surface area contributed by atoms with E-state index in [-0.39, 0.29) is 0 Å². The molecule has 30 heavy (non-hydrogen) atoms. The van der Waals surface area contributed by atoms with Crippen LogP contribution in [0.2, 0.25) is 5.02 Å². The normalized spacial score (nSPS) is 10.8. The number of benzene rings is 4. The quantitative estimate of drug-likeness (QED) is 0.294. The van der Waals surface area contributed by atoms with Crippen molar-refractivity contribution in [1.82, 2.24) is 0 Å². The molecule has 0 radical (unpaired) electrons. The van der Waals surface area contributed by atoms with Gasteiger partial charge in [0.1, 0.15) is 23.9 Å². The summed E-state index contributed by atoms with van der Waals surface area (Å²) in [7, 11) is 0. The number of aliphatic imine (C=N–C) groups is 1. The standard InChI is InChI=1S/C26H20ClNO2/c27-22-8-4-7-21(16-22)19-29-26-11-5-6-20(17-26)18-28-23-12-14-25(15-13-23)30-24-9-2-1-3-10-24/h1-18H,19H2. The number of para-hydroxylation sites is 1. The second-order valence-electron chi connectivity index (χ2n) is 6.66. The highest BCUT2D eigenvalue weighted by Crippen LogP contribution is 2.24. The van der Waals surface area contributed by atoms with Crippen LogP contribution in [0.3, 0.4) is 0 Å². The van der Waals surface area contributed by atoms with E-state index in [1.807, 2.05) is 109 Å². The maximum atomic E-state index is 6.02. The van der Waals surface area contributed by atoms with Crippen LogP contribution in [0.4, 0.5) is 5.69 Å². The van der Waals surface area contributed by atoms with Crippen molar-refractivity contribution in [2.24, 2.45) is 4.99 Å². The fourth-order valence-electron chi connectivity index (χ4n) is 2.85. The minimum atomic E-state index is 0.462. The first-order chi connectivity index (χ1) is 14.7. The summed E-state index contributed by atoms with van der Waals surface area (Å²) >= 11 is 6.02. The molecule has 0 bridgehead atoms. The summed E-state index contributed by atoms with van der Waals surface area (Å²) in [5, 5.41) is 0.706. The molecule has 148 valence electrons. The van der Waals surface area contributed by atoms with Gasteiger partial charge in [0.05, 0.1) is 5.69 Å². The summed E-state index contributed by atoms with van der Waals surface area (Å²) in [6, 6.07) is 32.8. The molecule has 0 atom stereocenters. The van der Waals surface area contributed by atoms with Crippen molar-refractivity contribution < 1.29 is 9.47 Å². The van der Waals surface area contributed by atoms with Gasteiger partial charge in [0.15, 0.2) is 0 Å². The SMILES string of the molecule is Clc1cccc(COc2cccc(C=Nc3ccc(Oc4ccccc4)cc3)c2)c1. The first-order valence-electron chi connectivity index (χ1n) is 9.59. The van der Waals surface area contributed by atoms with Gasteiger partial charge >= 0.3 is 0 Å². The Kier molecular flexibility index (Phi) is 6.43. The molecule has 4 heteroatoms. The maximum absolute atomic E-state index is 6.02. The van der Waals surface area contributed by atoms with Crippen LogP contribution in [0.5, 0.6) is 17.2 Å². The second-order valence-corrected chi connectivity index (χ2v) is 7.09. The smallest absolute Gasteiger partial charge is 0.127 e. The van der Waals surface area contributed by atoms with Crippen molar-refractivity contribution in [2.45, 2.75) is 6.61 Å². The van der Waals surface area contributed by atoms with E-state index in [0.29, 0.717) is 11.6 Å². The molecule has 0 aliphatic heterocycles. The minimum absolute atomic E-state index is 0.462. The molecule has 0 aromatic heterocycles. The van der Waals surface area contributed by atoms with E-state index in [1.54, 1.807) is 0 Å². The third-order valence-electron chi connectivity index (χ3n) is 4.33. The largest absolute Gasteiger partial charge is 0.489 e. The highest BCUT2D eigenvalue weighted by molar-refractivity contribution is 6.30. The lowest BCUT2D eigenvalue weighted by atomic mass is 10.2. The van der Waals surface area contributed by atoms with Crippen LogP contribution in [-0.2, 0) is 6.61 Å². The second kappa shape index (κ2) is 9.77. The topological polar surface area (TPSA) is 30.8 Å². The number of rotatable bonds is 7. The Hall–Kier alpha value is -3.56. The van der Waals surface area contributed by atoms with Gasteiger partial charge in [0, 0.05) is 11.2 Å². The summed E-state index contributed by atoms with van der Waals surface area (Å²) in [5.41, 5.74) is 2.84. The summed E-state index contributed by atoms with van der Waals surface area (Å²) in [6.45, 7) is 0.462. The van der Waals surface area contributed by atoms with Crippen molar-refractivity contribution in [3.8, 4) is 17.2 Å². The van der Waals surface area contributed by atoms with Crippen LogP contribution < -0.4 is 9.47 Å². The summed E-state index contributed by atoms with van der Waals surface area (Å²) in [6.07, 6.45) is 1.82. The Labute approximate surface area is 181 Å². The number of nitrogens with zero attached hydrogens (tertiary/aromatic N) is 1. The van der Waals surface area contributed by atoms with E-state index in [2.05, 4.69) is 4.99 Å². The highest BCUT2D eigenvalue weighted by atomic mass is 35.5. The summed E-state index contributed by atoms with van der Waals surface area (Å²) in [4.78, 5) is 4.54. The molecule has 0 spiro atoms. The van der Waals surface area contributed by atoms with Crippen molar-refractivity contribution in [2.75, 3.05) is 0 Å². The molecule has 0 aliphatic carbocycles. The van der Waals surface area contributed by atoms with Crippen molar-refractivity contribution >= 4 is 23.5 Å². The Bertz CT molecular complexity index is 1130. The number of halogens is 1. The number of ether oxygens (including phenoxy) is 2. The lowest BCUT2D eigenvalue weighted by Gasteiger charge is -2.07. The average Bonchev–Trinajstić information content (AvgIpc) is 2.78. The van der Waals surface area contributed by atoms with Gasteiger partial charge in [-0.1, -0.05) is 54.1 Å². The van der Waals surface area contributed by atoms with E-state index in [4.69, 9.17) is 21.1 Å². The van der Waals surface area contributed by atoms with E-state index < -0.39 is 0 Å². The molecule has 0 unspecified atom stereocenters. The molecule has 4 aromatic carbocycles. The van der Waals surface area contributed by atoms with Gasteiger partial charge in [-0.15, -0.1) is 0 Å². The van der Waals surface area contributed by atoms with Gasteiger partial charge in [0.2, 0.25) is 0 Å². The van der Waals surface area contributed by atoms with Gasteiger partial charge < -0.3 is 9.47 Å². The van der Waals surface area contributed by atoms with E-state index >= 15 is 0 Å². The van der Waals surface area contributed by atoms with Gasteiger partial charge in [-0.05, 0) is 71.8 Å². The van der Waals surface area contributed by atoms with Gasteiger partial charge in [-0.3, -0.25) is 4.99 Å². The van der Waals surface area contributed by atoms with E-state index in [9.17, 15) is 0 Å². The Morgan fingerprint density at radius 2 is 1.43 bits per heavy atom. The predicted octanol–water partition coefficient (Wildman–Crippen LogP) is 7.46. The fraction of sp³-hybridized carbons (Fsp3) is 0.0385. The molecular formula is C26H20ClNO2. The van der Waals surface area contributed by atoms with Crippen molar-refractivity contribution in [1.29, 1.82) is 0 Å². The molecule has 0 aliphatic rings. The molecule has 0 heterocycles. The lowest BCUT2D eigenvalue weighted by Crippen LogP contribution is -1.95. The third-order valence-corrected chi connectivity index (χ3v) is 4.57. The van der Waals surface area contributed by atoms with Crippen LogP contribution in [-0.4, -0.2) is 6.21 Å². The third kappa shape index (κ3) is 5.72. The first-order valence-corrected chi connectivity index (χ1v) is 9.97. The fourth-order valence-corrected chi connectivity index (χ4v) is 3.06. The van der Waals surface area contributed by atoms with Crippen LogP contribution >= 0.6 is 11.6 Å². The number of hydrogen-bond acceptors (Lipinski definition) is 3.